The van der Waals surface area contributed by atoms with Crippen molar-refractivity contribution >= 4 is 5.91 Å². The van der Waals surface area contributed by atoms with E-state index in [1.54, 1.807) is 24.3 Å². The Balaban J connectivity index is 1.87. The summed E-state index contributed by atoms with van der Waals surface area (Å²) in [7, 11) is 1.50. The molecule has 0 radical (unpaired) electrons. The Labute approximate surface area is 158 Å². The van der Waals surface area contributed by atoms with Crippen molar-refractivity contribution in [2.75, 3.05) is 7.11 Å². The van der Waals surface area contributed by atoms with Crippen LogP contribution in [0, 0.1) is 0 Å². The van der Waals surface area contributed by atoms with E-state index >= 15 is 0 Å². The average Bonchev–Trinajstić information content (AvgIpc) is 3.20. The van der Waals surface area contributed by atoms with Gasteiger partial charge in [-0.1, -0.05) is 30.3 Å². The molecule has 0 aliphatic heterocycles. The normalized spacial score (nSPS) is 12.4. The monoisotopic (exact) mass is 390 g/mol. The number of aromatic amines is 1. The molecular formula is C19H17F3N4O2. The minimum absolute atomic E-state index is 0.00634. The van der Waals surface area contributed by atoms with Crippen LogP contribution in [-0.2, 0) is 17.4 Å². The third-order valence-electron chi connectivity index (χ3n) is 4.10. The van der Waals surface area contributed by atoms with Gasteiger partial charge in [0.25, 0.3) is 0 Å². The van der Waals surface area contributed by atoms with E-state index in [4.69, 9.17) is 4.74 Å². The molecule has 1 unspecified atom stereocenters. The lowest BCUT2D eigenvalue weighted by atomic mass is 10.0. The van der Waals surface area contributed by atoms with Crippen molar-refractivity contribution in [1.29, 1.82) is 0 Å². The van der Waals surface area contributed by atoms with Crippen LogP contribution in [0.15, 0.2) is 54.9 Å². The van der Waals surface area contributed by atoms with Crippen LogP contribution < -0.4 is 10.1 Å². The van der Waals surface area contributed by atoms with Crippen molar-refractivity contribution in [3.8, 4) is 5.75 Å². The molecule has 0 aliphatic carbocycles. The molecule has 2 aromatic carbocycles. The number of benzene rings is 2. The number of nitrogens with zero attached hydrogens (tertiary/aromatic N) is 2. The van der Waals surface area contributed by atoms with E-state index in [1.807, 2.05) is 0 Å². The second-order valence-electron chi connectivity index (χ2n) is 5.98. The van der Waals surface area contributed by atoms with Gasteiger partial charge in [-0.25, -0.2) is 4.98 Å². The van der Waals surface area contributed by atoms with Crippen LogP contribution in [0.3, 0.4) is 0 Å². The molecule has 1 heterocycles. The number of para-hydroxylation sites is 1. The zero-order chi connectivity index (χ0) is 20.1. The zero-order valence-electron chi connectivity index (χ0n) is 14.8. The molecule has 3 rings (SSSR count). The van der Waals surface area contributed by atoms with Crippen molar-refractivity contribution in [2.45, 2.75) is 18.6 Å². The number of nitrogens with one attached hydrogen (secondary N) is 2. The predicted octanol–water partition coefficient (Wildman–Crippen LogP) is 3.28. The Bertz CT molecular complexity index is 942. The number of aromatic nitrogens is 3. The van der Waals surface area contributed by atoms with Crippen LogP contribution in [0.4, 0.5) is 13.2 Å². The molecule has 1 atom stereocenters. The van der Waals surface area contributed by atoms with Crippen molar-refractivity contribution in [2.24, 2.45) is 0 Å². The molecule has 0 saturated heterocycles. The molecule has 2 N–H and O–H groups in total. The lowest BCUT2D eigenvalue weighted by Gasteiger charge is -2.19. The predicted molar refractivity (Wildman–Crippen MR) is 94.5 cm³/mol. The number of amides is 1. The van der Waals surface area contributed by atoms with Gasteiger partial charge in [0.1, 0.15) is 18.1 Å². The highest BCUT2D eigenvalue weighted by atomic mass is 19.4. The molecule has 0 spiro atoms. The van der Waals surface area contributed by atoms with Gasteiger partial charge >= 0.3 is 6.18 Å². The van der Waals surface area contributed by atoms with Crippen LogP contribution in [0.1, 0.15) is 28.6 Å². The van der Waals surface area contributed by atoms with Crippen LogP contribution >= 0.6 is 0 Å². The van der Waals surface area contributed by atoms with Crippen LogP contribution in [0.2, 0.25) is 0 Å². The number of rotatable bonds is 6. The molecule has 0 saturated carbocycles. The topological polar surface area (TPSA) is 79.9 Å². The van der Waals surface area contributed by atoms with Gasteiger partial charge in [0.15, 0.2) is 5.82 Å². The van der Waals surface area contributed by atoms with E-state index in [0.717, 1.165) is 12.1 Å². The van der Waals surface area contributed by atoms with Gasteiger partial charge in [-0.3, -0.25) is 9.89 Å². The summed E-state index contributed by atoms with van der Waals surface area (Å²) in [6.45, 7) is 0. The maximum Gasteiger partial charge on any atom is 0.416 e. The number of hydrogen-bond acceptors (Lipinski definition) is 4. The van der Waals surface area contributed by atoms with E-state index in [2.05, 4.69) is 20.5 Å². The number of alkyl halides is 3. The minimum atomic E-state index is -4.50. The summed E-state index contributed by atoms with van der Waals surface area (Å²) in [5.74, 6) is 0.379. The maximum absolute atomic E-state index is 13.1. The van der Waals surface area contributed by atoms with Crippen LogP contribution in [0.25, 0.3) is 0 Å². The first-order chi connectivity index (χ1) is 13.4. The van der Waals surface area contributed by atoms with Crippen LogP contribution in [0.5, 0.6) is 5.75 Å². The Morgan fingerprint density at radius 1 is 1.21 bits per heavy atom. The molecule has 0 aliphatic rings. The summed E-state index contributed by atoms with van der Waals surface area (Å²) in [5.41, 5.74) is 0.0799. The molecule has 28 heavy (non-hydrogen) atoms. The van der Waals surface area contributed by atoms with Gasteiger partial charge in [-0.15, -0.1) is 0 Å². The van der Waals surface area contributed by atoms with Crippen molar-refractivity contribution in [1.82, 2.24) is 20.5 Å². The summed E-state index contributed by atoms with van der Waals surface area (Å²) in [6.07, 6.45) is -3.28. The minimum Gasteiger partial charge on any atom is -0.496 e. The standard InChI is InChI=1S/C19H17F3N4O2/c1-28-15-8-3-2-5-12(15)10-16(27)25-17(18-23-11-24-26-18)13-6-4-7-14(9-13)19(20,21)22/h2-9,11,17H,10H2,1H3,(H,25,27)(H,23,24,26). The maximum atomic E-state index is 13.1. The number of carbonyl (C=O) groups is 1. The zero-order valence-corrected chi connectivity index (χ0v) is 14.8. The molecule has 6 nitrogen and oxygen atoms in total. The Morgan fingerprint density at radius 3 is 2.68 bits per heavy atom. The number of methoxy groups -OCH3 is 1. The Morgan fingerprint density at radius 2 is 2.00 bits per heavy atom. The van der Waals surface area contributed by atoms with E-state index in [0.29, 0.717) is 11.3 Å². The highest BCUT2D eigenvalue weighted by molar-refractivity contribution is 5.80. The molecule has 146 valence electrons. The summed E-state index contributed by atoms with van der Waals surface area (Å²) >= 11 is 0. The van der Waals surface area contributed by atoms with E-state index < -0.39 is 23.7 Å². The molecule has 1 amide bonds. The fraction of sp³-hybridized carbons (Fsp3) is 0.211. The van der Waals surface area contributed by atoms with Gasteiger partial charge in [0, 0.05) is 5.56 Å². The quantitative estimate of drug-likeness (QED) is 0.677. The van der Waals surface area contributed by atoms with Gasteiger partial charge in [-0.2, -0.15) is 18.3 Å². The molecule has 0 fully saturated rings. The first-order valence-corrected chi connectivity index (χ1v) is 8.32. The van der Waals surface area contributed by atoms with E-state index in [-0.39, 0.29) is 17.8 Å². The number of H-pyrrole nitrogens is 1. The van der Waals surface area contributed by atoms with Gasteiger partial charge in [0.2, 0.25) is 5.91 Å². The van der Waals surface area contributed by atoms with E-state index in [1.165, 1.54) is 25.6 Å². The van der Waals surface area contributed by atoms with Gasteiger partial charge in [-0.05, 0) is 23.8 Å². The Kier molecular flexibility index (Phi) is 5.62. The largest absolute Gasteiger partial charge is 0.496 e. The first-order valence-electron chi connectivity index (χ1n) is 8.32. The van der Waals surface area contributed by atoms with Crippen LogP contribution in [-0.4, -0.2) is 28.2 Å². The number of halogens is 3. The van der Waals surface area contributed by atoms with Crippen molar-refractivity contribution in [3.05, 3.63) is 77.4 Å². The third kappa shape index (κ3) is 4.48. The average molecular weight is 390 g/mol. The highest BCUT2D eigenvalue weighted by Gasteiger charge is 2.31. The first kappa shape index (κ1) is 19.4. The molecule has 3 aromatic rings. The fourth-order valence-corrected chi connectivity index (χ4v) is 2.79. The molecule has 0 bridgehead atoms. The van der Waals surface area contributed by atoms with Crippen molar-refractivity contribution in [3.63, 3.8) is 0 Å². The number of hydrogen-bond donors (Lipinski definition) is 2. The second kappa shape index (κ2) is 8.12. The number of carbonyl (C=O) groups excluding carboxylic acids is 1. The molecule has 9 heteroatoms. The van der Waals surface area contributed by atoms with Crippen molar-refractivity contribution < 1.29 is 22.7 Å². The Hall–Kier alpha value is -3.36. The van der Waals surface area contributed by atoms with E-state index in [9.17, 15) is 18.0 Å². The summed E-state index contributed by atoms with van der Waals surface area (Å²) in [4.78, 5) is 16.6. The lowest BCUT2D eigenvalue weighted by Crippen LogP contribution is -2.31. The molecule has 1 aromatic heterocycles. The molecular weight excluding hydrogens is 373 g/mol. The SMILES string of the molecule is COc1ccccc1CC(=O)NC(c1cccc(C(F)(F)F)c1)c1ncn[nH]1. The summed E-state index contributed by atoms with van der Waals surface area (Å²) < 4.78 is 44.4. The fourth-order valence-electron chi connectivity index (χ4n) is 2.79. The smallest absolute Gasteiger partial charge is 0.416 e. The highest BCUT2D eigenvalue weighted by Crippen LogP contribution is 2.31. The summed E-state index contributed by atoms with van der Waals surface area (Å²) in [5, 5.41) is 9.05. The lowest BCUT2D eigenvalue weighted by molar-refractivity contribution is -0.137. The van der Waals surface area contributed by atoms with Gasteiger partial charge < -0.3 is 10.1 Å². The summed E-state index contributed by atoms with van der Waals surface area (Å²) in [6, 6.07) is 10.8. The van der Waals surface area contributed by atoms with Gasteiger partial charge in [0.05, 0.1) is 19.1 Å². The second-order valence-corrected chi connectivity index (χ2v) is 5.98. The third-order valence-corrected chi connectivity index (χ3v) is 4.10. The number of ether oxygens (including phenoxy) is 1.